The molecule has 23 heavy (non-hydrogen) atoms. The topological polar surface area (TPSA) is 41.6 Å². The van der Waals surface area contributed by atoms with Crippen molar-refractivity contribution in [3.05, 3.63) is 41.8 Å². The lowest BCUT2D eigenvalue weighted by Crippen LogP contribution is -2.36. The van der Waals surface area contributed by atoms with Gasteiger partial charge in [-0.1, -0.05) is 6.92 Å². The number of nitrogens with zero attached hydrogens (tertiary/aromatic N) is 1. The van der Waals surface area contributed by atoms with Gasteiger partial charge in [0.1, 0.15) is 0 Å². The van der Waals surface area contributed by atoms with Crippen LogP contribution in [0.1, 0.15) is 36.5 Å². The summed E-state index contributed by atoms with van der Waals surface area (Å²) < 4.78 is 42.3. The van der Waals surface area contributed by atoms with Crippen molar-refractivity contribution in [2.75, 3.05) is 11.6 Å². The molecule has 0 radical (unpaired) electrons. The number of carbonyl (C=O) groups is 1. The Labute approximate surface area is 131 Å². The highest BCUT2D eigenvalue weighted by atomic mass is 19.4. The largest absolute Gasteiger partial charge is 0.466 e. The molecule has 3 rings (SSSR count). The average Bonchev–Trinajstić information content (AvgIpc) is 3.10. The lowest BCUT2D eigenvalue weighted by atomic mass is 10.1. The molecule has 0 spiro atoms. The van der Waals surface area contributed by atoms with E-state index in [1.165, 1.54) is 4.90 Å². The lowest BCUT2D eigenvalue weighted by Gasteiger charge is -2.16. The molecule has 1 N–H and O–H groups in total. The summed E-state index contributed by atoms with van der Waals surface area (Å²) in [5, 5.41) is 3.01. The number of benzene rings is 1. The predicted molar refractivity (Wildman–Crippen MR) is 78.7 cm³/mol. The molecule has 1 aliphatic carbocycles. The molecule has 0 unspecified atom stereocenters. The quantitative estimate of drug-likeness (QED) is 0.920. The van der Waals surface area contributed by atoms with E-state index in [2.05, 4.69) is 10.1 Å². The minimum Gasteiger partial charge on any atom is -0.466 e. The standard InChI is InChI=1S/C16H17F3N2O2/c1-2-15(7-8-15)20-14(22)11-3-5-12(6-4-11)21-9-13(23-10-21)16(17,18)19/h3-6,9H,2,7-8,10H2,1H3,(H,20,22). The fourth-order valence-electron chi connectivity index (χ4n) is 2.49. The summed E-state index contributed by atoms with van der Waals surface area (Å²) in [5.41, 5.74) is 0.967. The molecule has 4 nitrogen and oxygen atoms in total. The minimum atomic E-state index is -4.49. The zero-order chi connectivity index (χ0) is 16.7. The Morgan fingerprint density at radius 1 is 1.30 bits per heavy atom. The fourth-order valence-corrected chi connectivity index (χ4v) is 2.49. The van der Waals surface area contributed by atoms with Crippen molar-refractivity contribution < 1.29 is 22.7 Å². The predicted octanol–water partition coefficient (Wildman–Crippen LogP) is 3.56. The number of ether oxygens (including phenoxy) is 1. The number of nitrogens with one attached hydrogen (secondary N) is 1. The first kappa shape index (κ1) is 15.7. The SMILES string of the molecule is CCC1(NC(=O)c2ccc(N3C=C(C(F)(F)F)OC3)cc2)CC1. The lowest BCUT2D eigenvalue weighted by molar-refractivity contribution is -0.126. The second kappa shape index (κ2) is 5.47. The van der Waals surface area contributed by atoms with Crippen LogP contribution in [0, 0.1) is 0 Å². The summed E-state index contributed by atoms with van der Waals surface area (Å²) in [4.78, 5) is 13.5. The molecule has 0 saturated heterocycles. The van der Waals surface area contributed by atoms with Gasteiger partial charge in [-0.05, 0) is 43.5 Å². The normalized spacial score (nSPS) is 19.1. The van der Waals surface area contributed by atoms with Crippen LogP contribution in [0.15, 0.2) is 36.2 Å². The van der Waals surface area contributed by atoms with Gasteiger partial charge in [-0.15, -0.1) is 0 Å². The maximum atomic E-state index is 12.5. The Morgan fingerprint density at radius 3 is 2.43 bits per heavy atom. The van der Waals surface area contributed by atoms with Crippen LogP contribution in [0.4, 0.5) is 18.9 Å². The van der Waals surface area contributed by atoms with E-state index in [0.29, 0.717) is 11.3 Å². The van der Waals surface area contributed by atoms with Crippen LogP contribution in [0.2, 0.25) is 0 Å². The smallest absolute Gasteiger partial charge is 0.450 e. The number of hydrogen-bond donors (Lipinski definition) is 1. The van der Waals surface area contributed by atoms with Crippen LogP contribution in [-0.2, 0) is 4.74 Å². The number of halogens is 3. The van der Waals surface area contributed by atoms with Crippen molar-refractivity contribution in [1.29, 1.82) is 0 Å². The Hall–Kier alpha value is -2.18. The highest BCUT2D eigenvalue weighted by Gasteiger charge is 2.42. The van der Waals surface area contributed by atoms with Crippen LogP contribution in [0.3, 0.4) is 0 Å². The van der Waals surface area contributed by atoms with Crippen molar-refractivity contribution in [3.63, 3.8) is 0 Å². The third-order valence-electron chi connectivity index (χ3n) is 4.28. The van der Waals surface area contributed by atoms with Gasteiger partial charge in [0.25, 0.3) is 5.91 Å². The maximum Gasteiger partial charge on any atom is 0.450 e. The van der Waals surface area contributed by atoms with Gasteiger partial charge in [-0.2, -0.15) is 13.2 Å². The van der Waals surface area contributed by atoms with Crippen LogP contribution >= 0.6 is 0 Å². The van der Waals surface area contributed by atoms with Gasteiger partial charge in [0.15, 0.2) is 6.73 Å². The van der Waals surface area contributed by atoms with Crippen LogP contribution in [0.5, 0.6) is 0 Å². The molecule has 1 aromatic carbocycles. The average molecular weight is 326 g/mol. The molecule has 1 saturated carbocycles. The monoisotopic (exact) mass is 326 g/mol. The number of carbonyl (C=O) groups excluding carboxylic acids is 1. The van der Waals surface area contributed by atoms with Crippen molar-refractivity contribution in [2.24, 2.45) is 0 Å². The van der Waals surface area contributed by atoms with Crippen molar-refractivity contribution in [2.45, 2.75) is 37.9 Å². The van der Waals surface area contributed by atoms with E-state index >= 15 is 0 Å². The van der Waals surface area contributed by atoms with Crippen molar-refractivity contribution in [3.8, 4) is 0 Å². The summed E-state index contributed by atoms with van der Waals surface area (Å²) in [5.74, 6) is -1.17. The first-order valence-electron chi connectivity index (χ1n) is 7.44. The number of hydrogen-bond acceptors (Lipinski definition) is 3. The second-order valence-corrected chi connectivity index (χ2v) is 5.87. The molecule has 1 heterocycles. The Bertz CT molecular complexity index is 634. The molecular formula is C16H17F3N2O2. The third kappa shape index (κ3) is 3.28. The van der Waals surface area contributed by atoms with Gasteiger partial charge >= 0.3 is 6.18 Å². The molecule has 0 aromatic heterocycles. The molecule has 1 fully saturated rings. The van der Waals surface area contributed by atoms with E-state index in [4.69, 9.17) is 0 Å². The molecule has 1 aromatic rings. The van der Waals surface area contributed by atoms with Gasteiger partial charge in [0.2, 0.25) is 5.76 Å². The van der Waals surface area contributed by atoms with E-state index in [-0.39, 0.29) is 18.2 Å². The molecular weight excluding hydrogens is 309 g/mol. The Kier molecular flexibility index (Phi) is 3.74. The summed E-state index contributed by atoms with van der Waals surface area (Å²) in [6.45, 7) is 1.84. The molecule has 0 atom stereocenters. The number of anilines is 1. The molecule has 1 aliphatic heterocycles. The number of allylic oxidation sites excluding steroid dienone is 1. The number of rotatable bonds is 4. The minimum absolute atomic E-state index is 0.0666. The first-order chi connectivity index (χ1) is 10.8. The van der Waals surface area contributed by atoms with E-state index in [1.807, 2.05) is 6.92 Å². The molecule has 2 aliphatic rings. The summed E-state index contributed by atoms with van der Waals surface area (Å²) >= 11 is 0. The van der Waals surface area contributed by atoms with Crippen LogP contribution in [-0.4, -0.2) is 24.4 Å². The van der Waals surface area contributed by atoms with Crippen LogP contribution in [0.25, 0.3) is 0 Å². The Morgan fingerprint density at radius 2 is 1.96 bits per heavy atom. The van der Waals surface area contributed by atoms with Gasteiger partial charge in [0, 0.05) is 16.8 Å². The summed E-state index contributed by atoms with van der Waals surface area (Å²) in [6, 6.07) is 6.44. The highest BCUT2D eigenvalue weighted by molar-refractivity contribution is 5.95. The fraction of sp³-hybridized carbons (Fsp3) is 0.438. The number of amides is 1. The van der Waals surface area contributed by atoms with Gasteiger partial charge in [0.05, 0.1) is 6.20 Å². The zero-order valence-corrected chi connectivity index (χ0v) is 12.6. The third-order valence-corrected chi connectivity index (χ3v) is 4.28. The second-order valence-electron chi connectivity index (χ2n) is 5.87. The zero-order valence-electron chi connectivity index (χ0n) is 12.6. The molecule has 124 valence electrons. The Balaban J connectivity index is 1.68. The maximum absolute atomic E-state index is 12.5. The van der Waals surface area contributed by atoms with E-state index < -0.39 is 11.9 Å². The number of alkyl halides is 3. The molecule has 1 amide bonds. The van der Waals surface area contributed by atoms with Gasteiger partial charge in [-0.3, -0.25) is 4.79 Å². The van der Waals surface area contributed by atoms with E-state index in [0.717, 1.165) is 25.5 Å². The summed E-state index contributed by atoms with van der Waals surface area (Å²) in [7, 11) is 0. The summed E-state index contributed by atoms with van der Waals surface area (Å²) in [6.07, 6.45) is -0.696. The van der Waals surface area contributed by atoms with Gasteiger partial charge < -0.3 is 15.0 Å². The van der Waals surface area contributed by atoms with E-state index in [1.54, 1.807) is 24.3 Å². The first-order valence-corrected chi connectivity index (χ1v) is 7.44. The van der Waals surface area contributed by atoms with Crippen LogP contribution < -0.4 is 10.2 Å². The highest BCUT2D eigenvalue weighted by Crippen LogP contribution is 2.38. The molecule has 7 heteroatoms. The van der Waals surface area contributed by atoms with Crippen molar-refractivity contribution >= 4 is 11.6 Å². The van der Waals surface area contributed by atoms with Gasteiger partial charge in [-0.25, -0.2) is 0 Å². The molecule has 0 bridgehead atoms. The van der Waals surface area contributed by atoms with Crippen molar-refractivity contribution in [1.82, 2.24) is 5.32 Å². The van der Waals surface area contributed by atoms with E-state index in [9.17, 15) is 18.0 Å².